The molecular weight excluding hydrogens is 727 g/mol. The SMILES string of the molecule is CC(C)C(NC(=O)OC(C)(C)C)C(=O)N(C)C(C(=O)N(C)C(C(=O)N1CCCC1C(=O)N(C)C(Cc1ccccc1)C(=O)OCc1ccccc1)C(C)C)C(C)C. The Morgan fingerprint density at radius 1 is 0.737 bits per heavy atom. The summed E-state index contributed by atoms with van der Waals surface area (Å²) in [6, 6.07) is 14.0. The Balaban J connectivity index is 1.85. The Labute approximate surface area is 339 Å². The van der Waals surface area contributed by atoms with Crippen LogP contribution in [0.1, 0.15) is 86.3 Å². The van der Waals surface area contributed by atoms with Gasteiger partial charge in [-0.25, -0.2) is 9.59 Å². The van der Waals surface area contributed by atoms with Gasteiger partial charge in [0.05, 0.1) is 0 Å². The van der Waals surface area contributed by atoms with Crippen LogP contribution in [0.5, 0.6) is 0 Å². The van der Waals surface area contributed by atoms with E-state index in [-0.39, 0.29) is 36.7 Å². The van der Waals surface area contributed by atoms with Crippen molar-refractivity contribution >= 4 is 35.7 Å². The maximum Gasteiger partial charge on any atom is 0.408 e. The molecule has 1 aliphatic heterocycles. The quantitative estimate of drug-likeness (QED) is 0.226. The Hall–Kier alpha value is -4.94. The van der Waals surface area contributed by atoms with Gasteiger partial charge < -0.3 is 34.4 Å². The predicted octanol–water partition coefficient (Wildman–Crippen LogP) is 5.31. The average Bonchev–Trinajstić information content (AvgIpc) is 3.64. The first kappa shape index (κ1) is 46.4. The van der Waals surface area contributed by atoms with Crippen molar-refractivity contribution in [1.82, 2.24) is 24.9 Å². The summed E-state index contributed by atoms with van der Waals surface area (Å²) in [6.07, 6.45) is 0.431. The van der Waals surface area contributed by atoms with Gasteiger partial charge in [-0.1, -0.05) is 102 Å². The van der Waals surface area contributed by atoms with Gasteiger partial charge in [0, 0.05) is 34.1 Å². The fraction of sp³-hybridized carbons (Fsp3) is 0.591. The van der Waals surface area contributed by atoms with Gasteiger partial charge in [0.2, 0.25) is 23.6 Å². The molecule has 0 radical (unpaired) electrons. The normalized spacial score (nSPS) is 16.4. The van der Waals surface area contributed by atoms with E-state index in [0.717, 1.165) is 11.1 Å². The summed E-state index contributed by atoms with van der Waals surface area (Å²) in [5, 5.41) is 2.68. The molecule has 57 heavy (non-hydrogen) atoms. The molecule has 0 bridgehead atoms. The van der Waals surface area contributed by atoms with Crippen LogP contribution in [0.3, 0.4) is 0 Å². The van der Waals surface area contributed by atoms with E-state index in [0.29, 0.717) is 19.4 Å². The van der Waals surface area contributed by atoms with Gasteiger partial charge in [0.1, 0.15) is 42.4 Å². The molecule has 13 nitrogen and oxygen atoms in total. The van der Waals surface area contributed by atoms with Crippen LogP contribution < -0.4 is 5.32 Å². The second kappa shape index (κ2) is 20.5. The Morgan fingerprint density at radius 3 is 1.77 bits per heavy atom. The molecule has 2 aromatic rings. The second-order valence-electron chi connectivity index (χ2n) is 17.1. The number of likely N-dealkylation sites (tertiary alicyclic amines) is 1. The molecule has 1 aliphatic rings. The van der Waals surface area contributed by atoms with E-state index >= 15 is 0 Å². The van der Waals surface area contributed by atoms with Crippen molar-refractivity contribution in [1.29, 1.82) is 0 Å². The number of nitrogens with one attached hydrogen (secondary N) is 1. The largest absolute Gasteiger partial charge is 0.459 e. The molecule has 13 heteroatoms. The zero-order chi connectivity index (χ0) is 42.8. The lowest BCUT2D eigenvalue weighted by Crippen LogP contribution is -2.61. The third kappa shape index (κ3) is 12.5. The zero-order valence-electron chi connectivity index (χ0n) is 36.0. The smallest absolute Gasteiger partial charge is 0.408 e. The van der Waals surface area contributed by atoms with Crippen LogP contribution in [0.25, 0.3) is 0 Å². The molecule has 1 heterocycles. The summed E-state index contributed by atoms with van der Waals surface area (Å²) in [6.45, 7) is 16.4. The molecule has 2 aromatic carbocycles. The minimum absolute atomic E-state index is 0.0496. The van der Waals surface area contributed by atoms with Gasteiger partial charge in [-0.3, -0.25) is 19.2 Å². The molecular formula is C44H65N5O8. The number of ether oxygens (including phenoxy) is 2. The number of amides is 5. The lowest BCUT2D eigenvalue weighted by Gasteiger charge is -2.40. The monoisotopic (exact) mass is 791 g/mol. The van der Waals surface area contributed by atoms with Crippen molar-refractivity contribution in [2.24, 2.45) is 17.8 Å². The van der Waals surface area contributed by atoms with Crippen molar-refractivity contribution < 1.29 is 38.2 Å². The fourth-order valence-corrected chi connectivity index (χ4v) is 7.33. The molecule has 0 aromatic heterocycles. The third-order valence-corrected chi connectivity index (χ3v) is 10.3. The minimum atomic E-state index is -0.971. The molecule has 1 N–H and O–H groups in total. The Bertz CT molecular complexity index is 1680. The molecule has 0 spiro atoms. The maximum absolute atomic E-state index is 14.6. The van der Waals surface area contributed by atoms with E-state index in [1.54, 1.807) is 48.7 Å². The van der Waals surface area contributed by atoms with Crippen LogP contribution in [0, 0.1) is 17.8 Å². The summed E-state index contributed by atoms with van der Waals surface area (Å²) in [5.41, 5.74) is 0.892. The van der Waals surface area contributed by atoms with E-state index in [2.05, 4.69) is 5.32 Å². The molecule has 5 atom stereocenters. The molecule has 314 valence electrons. The summed E-state index contributed by atoms with van der Waals surface area (Å²) in [7, 11) is 4.65. The van der Waals surface area contributed by atoms with Crippen molar-refractivity contribution in [2.45, 2.75) is 124 Å². The van der Waals surface area contributed by atoms with Crippen molar-refractivity contribution in [3.63, 3.8) is 0 Å². The molecule has 1 fully saturated rings. The number of rotatable bonds is 16. The van der Waals surface area contributed by atoms with Gasteiger partial charge in [0.15, 0.2) is 0 Å². The molecule has 3 rings (SSSR count). The second-order valence-corrected chi connectivity index (χ2v) is 17.1. The van der Waals surface area contributed by atoms with E-state index in [4.69, 9.17) is 9.47 Å². The van der Waals surface area contributed by atoms with Crippen molar-refractivity contribution in [3.05, 3.63) is 71.8 Å². The number of esters is 1. The Kier molecular flexibility index (Phi) is 16.7. The van der Waals surface area contributed by atoms with Crippen LogP contribution in [0.4, 0.5) is 4.79 Å². The maximum atomic E-state index is 14.6. The van der Waals surface area contributed by atoms with Gasteiger partial charge in [-0.2, -0.15) is 0 Å². The van der Waals surface area contributed by atoms with Gasteiger partial charge >= 0.3 is 12.1 Å². The predicted molar refractivity (Wildman–Crippen MR) is 218 cm³/mol. The highest BCUT2D eigenvalue weighted by atomic mass is 16.6. The number of hydrogen-bond donors (Lipinski definition) is 1. The highest BCUT2D eigenvalue weighted by Gasteiger charge is 2.45. The van der Waals surface area contributed by atoms with Crippen LogP contribution in [-0.2, 0) is 46.5 Å². The number of hydrogen-bond acceptors (Lipinski definition) is 8. The highest BCUT2D eigenvalue weighted by Crippen LogP contribution is 2.27. The molecule has 0 aliphatic carbocycles. The van der Waals surface area contributed by atoms with E-state index in [1.807, 2.05) is 88.4 Å². The van der Waals surface area contributed by atoms with Gasteiger partial charge in [0.25, 0.3) is 0 Å². The highest BCUT2D eigenvalue weighted by molar-refractivity contribution is 5.96. The van der Waals surface area contributed by atoms with Crippen LogP contribution in [0.2, 0.25) is 0 Å². The third-order valence-electron chi connectivity index (χ3n) is 10.3. The van der Waals surface area contributed by atoms with Crippen molar-refractivity contribution in [3.8, 4) is 0 Å². The number of nitrogens with zero attached hydrogens (tertiary/aromatic N) is 4. The van der Waals surface area contributed by atoms with Crippen LogP contribution in [-0.4, -0.2) is 119 Å². The topological polar surface area (TPSA) is 146 Å². The van der Waals surface area contributed by atoms with Crippen molar-refractivity contribution in [2.75, 3.05) is 27.7 Å². The lowest BCUT2D eigenvalue weighted by atomic mass is 9.95. The fourth-order valence-electron chi connectivity index (χ4n) is 7.33. The number of likely N-dealkylation sites (N-methyl/N-ethyl adjacent to an activating group) is 3. The van der Waals surface area contributed by atoms with Crippen LogP contribution in [0.15, 0.2) is 60.7 Å². The lowest BCUT2D eigenvalue weighted by molar-refractivity contribution is -0.159. The van der Waals surface area contributed by atoms with E-state index in [1.165, 1.54) is 26.6 Å². The Morgan fingerprint density at radius 2 is 1.26 bits per heavy atom. The zero-order valence-corrected chi connectivity index (χ0v) is 36.0. The average molecular weight is 792 g/mol. The number of benzene rings is 2. The molecule has 5 unspecified atom stereocenters. The summed E-state index contributed by atoms with van der Waals surface area (Å²) in [4.78, 5) is 89.4. The number of carbonyl (C=O) groups excluding carboxylic acids is 6. The number of carbonyl (C=O) groups is 6. The minimum Gasteiger partial charge on any atom is -0.459 e. The first-order valence-electron chi connectivity index (χ1n) is 20.0. The van der Waals surface area contributed by atoms with E-state index < -0.39 is 65.6 Å². The molecule has 5 amide bonds. The summed E-state index contributed by atoms with van der Waals surface area (Å²) >= 11 is 0. The summed E-state index contributed by atoms with van der Waals surface area (Å²) < 4.78 is 11.1. The molecule has 1 saturated heterocycles. The number of alkyl carbamates (subject to hydrolysis) is 1. The first-order valence-corrected chi connectivity index (χ1v) is 20.0. The standard InChI is InChI=1S/C44H65N5O8/c1-28(2)35(45-43(55)57-44(7,8)9)39(51)47(11)36(29(3)4)40(52)48(12)37(30(5)6)41(53)49-25-19-24-33(49)38(50)46(10)34(26-31-20-15-13-16-21-31)42(54)56-27-32-22-17-14-18-23-32/h13-18,20-23,28-30,33-37H,19,24-27H2,1-12H3,(H,45,55). The molecule has 0 saturated carbocycles. The van der Waals surface area contributed by atoms with Gasteiger partial charge in [-0.15, -0.1) is 0 Å². The van der Waals surface area contributed by atoms with Crippen LogP contribution >= 0.6 is 0 Å². The summed E-state index contributed by atoms with van der Waals surface area (Å²) in [5.74, 6) is -3.29. The first-order chi connectivity index (χ1) is 26.7. The van der Waals surface area contributed by atoms with E-state index in [9.17, 15) is 28.8 Å². The van der Waals surface area contributed by atoms with Gasteiger partial charge in [-0.05, 0) is 62.5 Å².